The fraction of sp³-hybridized carbons (Fsp3) is 0.333. The van der Waals surface area contributed by atoms with Crippen LogP contribution < -0.4 is 25.7 Å². The summed E-state index contributed by atoms with van der Waals surface area (Å²) in [6, 6.07) is 22.2. The molecular weight excluding hydrogens is 594 g/mol. The van der Waals surface area contributed by atoms with E-state index in [-0.39, 0.29) is 29.7 Å². The van der Waals surface area contributed by atoms with Gasteiger partial charge < -0.3 is 25.4 Å². The summed E-state index contributed by atoms with van der Waals surface area (Å²) in [6.45, 7) is 9.41. The summed E-state index contributed by atoms with van der Waals surface area (Å²) in [5, 5.41) is 27.1. The van der Waals surface area contributed by atoms with E-state index in [2.05, 4.69) is 41.7 Å². The Labute approximate surface area is 274 Å². The van der Waals surface area contributed by atoms with Crippen molar-refractivity contribution < 1.29 is 19.4 Å². The Hall–Kier alpha value is -5.16. The number of hydrogen-bond donors (Lipinski definition) is 4. The van der Waals surface area contributed by atoms with Gasteiger partial charge in [0.15, 0.2) is 0 Å². The quantitative estimate of drug-likeness (QED) is 0.179. The number of aliphatic hydroxyl groups is 1. The van der Waals surface area contributed by atoms with Crippen LogP contribution in [0.1, 0.15) is 45.6 Å². The number of hydrazone groups is 1. The van der Waals surface area contributed by atoms with E-state index in [1.54, 1.807) is 23.2 Å². The number of fused-ring (bicyclic) bond motifs is 1. The maximum Gasteiger partial charge on any atom is 0.323 e. The van der Waals surface area contributed by atoms with Crippen molar-refractivity contribution in [3.63, 3.8) is 0 Å². The number of anilines is 3. The van der Waals surface area contributed by atoms with E-state index in [0.717, 1.165) is 27.7 Å². The van der Waals surface area contributed by atoms with Gasteiger partial charge in [0.25, 0.3) is 0 Å². The van der Waals surface area contributed by atoms with Crippen LogP contribution in [0.25, 0.3) is 10.8 Å². The molecule has 4 N–H and O–H groups in total. The zero-order chi connectivity index (χ0) is 33.1. The second kappa shape index (κ2) is 13.3. The molecule has 1 saturated heterocycles. The highest BCUT2D eigenvalue weighted by Crippen LogP contribution is 2.35. The molecule has 47 heavy (non-hydrogen) atoms. The third-order valence-electron chi connectivity index (χ3n) is 8.45. The first kappa shape index (κ1) is 31.8. The van der Waals surface area contributed by atoms with E-state index in [4.69, 9.17) is 9.84 Å². The number of nitrogens with one attached hydrogen (secondary N) is 3. The molecule has 11 nitrogen and oxygen atoms in total. The molecule has 2 aliphatic rings. The zero-order valence-corrected chi connectivity index (χ0v) is 27.2. The van der Waals surface area contributed by atoms with Crippen LogP contribution in [-0.2, 0) is 0 Å². The first-order valence-corrected chi connectivity index (χ1v) is 15.9. The molecule has 0 spiro atoms. The Morgan fingerprint density at radius 3 is 2.38 bits per heavy atom. The number of aryl methyl sites for hydroxylation is 1. The van der Waals surface area contributed by atoms with E-state index in [0.29, 0.717) is 55.4 Å². The topological polar surface area (TPSA) is 131 Å². The van der Waals surface area contributed by atoms with Crippen LogP contribution in [0.15, 0.2) is 84.1 Å². The van der Waals surface area contributed by atoms with E-state index in [1.165, 1.54) is 0 Å². The van der Waals surface area contributed by atoms with E-state index in [1.807, 2.05) is 72.6 Å². The van der Waals surface area contributed by atoms with Crippen molar-refractivity contribution in [2.45, 2.75) is 59.2 Å². The predicted octanol–water partition coefficient (Wildman–Crippen LogP) is 7.08. The molecule has 1 unspecified atom stereocenters. The van der Waals surface area contributed by atoms with Gasteiger partial charge in [0.05, 0.1) is 17.5 Å². The second-order valence-electron chi connectivity index (χ2n) is 13.1. The number of hydrogen-bond acceptors (Lipinski definition) is 7. The number of ether oxygens (including phenoxy) is 1. The molecule has 11 heteroatoms. The number of pyridine rings is 1. The van der Waals surface area contributed by atoms with E-state index >= 15 is 0 Å². The van der Waals surface area contributed by atoms with Gasteiger partial charge in [-0.3, -0.25) is 5.32 Å². The highest BCUT2D eigenvalue weighted by Gasteiger charge is 2.34. The first-order chi connectivity index (χ1) is 22.5. The highest BCUT2D eigenvalue weighted by molar-refractivity contribution is 6.04. The minimum absolute atomic E-state index is 0.138. The van der Waals surface area contributed by atoms with Crippen molar-refractivity contribution in [2.24, 2.45) is 10.5 Å². The van der Waals surface area contributed by atoms with Crippen molar-refractivity contribution in [3.05, 3.63) is 84.6 Å². The van der Waals surface area contributed by atoms with Gasteiger partial charge in [0.2, 0.25) is 0 Å². The normalized spacial score (nSPS) is 17.0. The molecule has 6 rings (SSSR count). The largest absolute Gasteiger partial charge is 0.457 e. The number of urea groups is 2. The third-order valence-corrected chi connectivity index (χ3v) is 8.45. The van der Waals surface area contributed by atoms with Crippen LogP contribution in [0.4, 0.5) is 26.8 Å². The van der Waals surface area contributed by atoms with Gasteiger partial charge in [-0.2, -0.15) is 5.10 Å². The predicted molar refractivity (Wildman–Crippen MR) is 185 cm³/mol. The Bertz CT molecular complexity index is 1790. The number of aliphatic hydroxyl groups excluding tert-OH is 1. The SMILES string of the molecule is Cc1ccc(N2N=C(C(C)(C)C)CC2NC(=O)Nc2ccc(Oc3ccnc(NC(=O)N4CCC(O)CC4)c3)c3ccccc23)cc1. The molecular formula is C36H41N7O4. The van der Waals surface area contributed by atoms with Gasteiger partial charge in [0.1, 0.15) is 23.5 Å². The number of benzene rings is 3. The smallest absolute Gasteiger partial charge is 0.323 e. The van der Waals surface area contributed by atoms with Gasteiger partial charge in [-0.05, 0) is 50.1 Å². The lowest BCUT2D eigenvalue weighted by atomic mass is 9.88. The Kier molecular flexibility index (Phi) is 8.99. The van der Waals surface area contributed by atoms with Gasteiger partial charge in [-0.1, -0.05) is 62.7 Å². The lowest BCUT2D eigenvalue weighted by molar-refractivity contribution is 0.0972. The van der Waals surface area contributed by atoms with Gasteiger partial charge in [-0.15, -0.1) is 0 Å². The van der Waals surface area contributed by atoms with E-state index in [9.17, 15) is 14.7 Å². The summed E-state index contributed by atoms with van der Waals surface area (Å²) in [4.78, 5) is 32.1. The maximum absolute atomic E-state index is 13.4. The number of carbonyl (C=O) groups is 2. The van der Waals surface area contributed by atoms with E-state index < -0.39 is 0 Å². The zero-order valence-electron chi connectivity index (χ0n) is 27.2. The molecule has 4 aromatic rings. The first-order valence-electron chi connectivity index (χ1n) is 15.9. The van der Waals surface area contributed by atoms with Crippen LogP contribution in [0.2, 0.25) is 0 Å². The number of aromatic nitrogens is 1. The lowest BCUT2D eigenvalue weighted by Gasteiger charge is -2.29. The Morgan fingerprint density at radius 2 is 1.66 bits per heavy atom. The third kappa shape index (κ3) is 7.47. The lowest BCUT2D eigenvalue weighted by Crippen LogP contribution is -2.45. The maximum atomic E-state index is 13.4. The summed E-state index contributed by atoms with van der Waals surface area (Å²) in [6.07, 6.45) is 2.59. The number of rotatable bonds is 6. The minimum Gasteiger partial charge on any atom is -0.457 e. The van der Waals surface area contributed by atoms with Crippen LogP contribution in [-0.4, -0.2) is 58.1 Å². The van der Waals surface area contributed by atoms with Crippen LogP contribution in [0, 0.1) is 12.3 Å². The van der Waals surface area contributed by atoms with Crippen molar-refractivity contribution in [1.29, 1.82) is 0 Å². The second-order valence-corrected chi connectivity index (χ2v) is 13.1. The molecule has 4 amide bonds. The monoisotopic (exact) mass is 635 g/mol. The Morgan fingerprint density at radius 1 is 0.936 bits per heavy atom. The summed E-state index contributed by atoms with van der Waals surface area (Å²) < 4.78 is 6.27. The molecule has 0 aliphatic carbocycles. The van der Waals surface area contributed by atoms with Crippen molar-refractivity contribution in [3.8, 4) is 11.5 Å². The molecule has 1 aromatic heterocycles. The average molecular weight is 636 g/mol. The highest BCUT2D eigenvalue weighted by atomic mass is 16.5. The summed E-state index contributed by atoms with van der Waals surface area (Å²) in [5.41, 5.74) is 3.58. The van der Waals surface area contributed by atoms with Crippen LogP contribution in [0.5, 0.6) is 11.5 Å². The number of nitrogens with zero attached hydrogens (tertiary/aromatic N) is 4. The van der Waals surface area contributed by atoms with Crippen molar-refractivity contribution in [2.75, 3.05) is 28.7 Å². The van der Waals surface area contributed by atoms with Gasteiger partial charge in [0, 0.05) is 53.7 Å². The molecule has 3 heterocycles. The number of amides is 4. The molecule has 0 saturated carbocycles. The molecule has 0 radical (unpaired) electrons. The molecule has 0 bridgehead atoms. The average Bonchev–Trinajstić information content (AvgIpc) is 3.47. The molecule has 244 valence electrons. The van der Waals surface area contributed by atoms with Crippen LogP contribution >= 0.6 is 0 Å². The van der Waals surface area contributed by atoms with Crippen LogP contribution in [0.3, 0.4) is 0 Å². The fourth-order valence-corrected chi connectivity index (χ4v) is 5.72. The van der Waals surface area contributed by atoms with Crippen molar-refractivity contribution in [1.82, 2.24) is 15.2 Å². The van der Waals surface area contributed by atoms with Gasteiger partial charge >= 0.3 is 12.1 Å². The molecule has 1 fully saturated rings. The molecule has 3 aromatic carbocycles. The number of piperidine rings is 1. The molecule has 2 aliphatic heterocycles. The Balaban J connectivity index is 1.16. The standard InChI is InChI=1S/C36H41N7O4/c1-23-9-11-24(12-10-23)43-33(22-31(41-43)36(2,3)4)40-34(45)38-29-13-14-30(28-8-6-5-7-27(28)29)47-26-15-18-37-32(21-26)39-35(46)42-19-16-25(44)17-20-42/h5-15,18,21,25,33,44H,16-17,19-20,22H2,1-4H3,(H,37,39,46)(H2,38,40,45). The number of likely N-dealkylation sites (tertiary alicyclic amines) is 1. The summed E-state index contributed by atoms with van der Waals surface area (Å²) >= 11 is 0. The summed E-state index contributed by atoms with van der Waals surface area (Å²) in [7, 11) is 0. The fourth-order valence-electron chi connectivity index (χ4n) is 5.72. The summed E-state index contributed by atoms with van der Waals surface area (Å²) in [5.74, 6) is 1.45. The van der Waals surface area contributed by atoms with Crippen molar-refractivity contribution >= 4 is 45.7 Å². The minimum atomic E-state index is -0.363. The van der Waals surface area contributed by atoms with Gasteiger partial charge in [-0.25, -0.2) is 19.6 Å². The number of carbonyl (C=O) groups excluding carboxylic acids is 2. The molecule has 1 atom stereocenters.